The summed E-state index contributed by atoms with van der Waals surface area (Å²) in [5.41, 5.74) is 8.63. The van der Waals surface area contributed by atoms with Gasteiger partial charge in [0, 0.05) is 37.7 Å². The Hall–Kier alpha value is -2.36. The van der Waals surface area contributed by atoms with Crippen LogP contribution in [0.25, 0.3) is 11.1 Å². The van der Waals surface area contributed by atoms with E-state index in [0.29, 0.717) is 11.3 Å². The van der Waals surface area contributed by atoms with Gasteiger partial charge in [-0.3, -0.25) is 9.78 Å². The molecule has 0 saturated heterocycles. The summed E-state index contributed by atoms with van der Waals surface area (Å²) in [5.74, 6) is -0.105. The molecule has 0 radical (unpaired) electrons. The Balaban J connectivity index is 2.62. The van der Waals surface area contributed by atoms with Gasteiger partial charge in [-0.05, 0) is 17.7 Å². The van der Waals surface area contributed by atoms with Crippen LogP contribution >= 0.6 is 0 Å². The van der Waals surface area contributed by atoms with Crippen LogP contribution in [0.4, 0.5) is 5.69 Å². The number of pyridine rings is 1. The summed E-state index contributed by atoms with van der Waals surface area (Å²) in [6.07, 6.45) is 3.42. The van der Waals surface area contributed by atoms with E-state index in [9.17, 15) is 4.79 Å². The number of rotatable bonds is 2. The van der Waals surface area contributed by atoms with Crippen LogP contribution in [0.1, 0.15) is 10.4 Å². The summed E-state index contributed by atoms with van der Waals surface area (Å²) in [6.45, 7) is 0. The largest absolute Gasteiger partial charge is 0.398 e. The fraction of sp³-hybridized carbons (Fsp3) is 0.143. The highest BCUT2D eigenvalue weighted by atomic mass is 16.2. The van der Waals surface area contributed by atoms with Gasteiger partial charge in [0.05, 0.1) is 5.56 Å². The molecule has 1 amide bonds. The Labute approximate surface area is 106 Å². The van der Waals surface area contributed by atoms with Crippen molar-refractivity contribution < 1.29 is 4.79 Å². The average Bonchev–Trinajstić information content (AvgIpc) is 2.38. The number of nitrogen functional groups attached to an aromatic ring is 1. The van der Waals surface area contributed by atoms with Crippen molar-refractivity contribution in [1.29, 1.82) is 0 Å². The molecule has 1 heterocycles. The van der Waals surface area contributed by atoms with Gasteiger partial charge in [-0.1, -0.05) is 18.2 Å². The number of carbonyl (C=O) groups excluding carboxylic acids is 1. The van der Waals surface area contributed by atoms with Crippen molar-refractivity contribution in [2.45, 2.75) is 0 Å². The highest BCUT2D eigenvalue weighted by Crippen LogP contribution is 2.27. The lowest BCUT2D eigenvalue weighted by Gasteiger charge is -2.16. The SMILES string of the molecule is CN(C)C(=O)c1c(N)cccc1-c1cccnc1. The van der Waals surface area contributed by atoms with Gasteiger partial charge in [-0.15, -0.1) is 0 Å². The van der Waals surface area contributed by atoms with Gasteiger partial charge >= 0.3 is 0 Å². The van der Waals surface area contributed by atoms with E-state index in [1.807, 2.05) is 24.3 Å². The Morgan fingerprint density at radius 2 is 2.00 bits per heavy atom. The van der Waals surface area contributed by atoms with Crippen molar-refractivity contribution in [2.24, 2.45) is 0 Å². The highest BCUT2D eigenvalue weighted by Gasteiger charge is 2.17. The van der Waals surface area contributed by atoms with Crippen molar-refractivity contribution in [3.8, 4) is 11.1 Å². The first-order valence-corrected chi connectivity index (χ1v) is 5.62. The summed E-state index contributed by atoms with van der Waals surface area (Å²) in [4.78, 5) is 17.8. The third kappa shape index (κ3) is 2.18. The van der Waals surface area contributed by atoms with Crippen LogP contribution in [0.2, 0.25) is 0 Å². The Morgan fingerprint density at radius 1 is 1.22 bits per heavy atom. The maximum Gasteiger partial charge on any atom is 0.256 e. The zero-order valence-corrected chi connectivity index (χ0v) is 10.4. The quantitative estimate of drug-likeness (QED) is 0.818. The molecule has 92 valence electrons. The van der Waals surface area contributed by atoms with E-state index in [-0.39, 0.29) is 5.91 Å². The van der Waals surface area contributed by atoms with Crippen LogP contribution in [-0.4, -0.2) is 29.9 Å². The van der Waals surface area contributed by atoms with E-state index < -0.39 is 0 Å². The Bertz CT molecular complexity index is 565. The molecule has 0 saturated carbocycles. The zero-order chi connectivity index (χ0) is 13.1. The molecule has 0 aliphatic carbocycles. The van der Waals surface area contributed by atoms with E-state index in [1.165, 1.54) is 4.90 Å². The molecule has 4 nitrogen and oxygen atoms in total. The number of benzene rings is 1. The van der Waals surface area contributed by atoms with Crippen LogP contribution in [0.15, 0.2) is 42.7 Å². The molecule has 2 rings (SSSR count). The van der Waals surface area contributed by atoms with Crippen molar-refractivity contribution >= 4 is 11.6 Å². The molecule has 18 heavy (non-hydrogen) atoms. The van der Waals surface area contributed by atoms with Gasteiger partial charge in [0.15, 0.2) is 0 Å². The first kappa shape index (κ1) is 12.1. The van der Waals surface area contributed by atoms with E-state index >= 15 is 0 Å². The molecule has 0 fully saturated rings. The van der Waals surface area contributed by atoms with Gasteiger partial charge < -0.3 is 10.6 Å². The summed E-state index contributed by atoms with van der Waals surface area (Å²) in [6, 6.07) is 9.20. The minimum Gasteiger partial charge on any atom is -0.398 e. The third-order valence-electron chi connectivity index (χ3n) is 2.69. The van der Waals surface area contributed by atoms with Crippen molar-refractivity contribution in [1.82, 2.24) is 9.88 Å². The van der Waals surface area contributed by atoms with Crippen LogP contribution in [-0.2, 0) is 0 Å². The molecule has 0 bridgehead atoms. The first-order chi connectivity index (χ1) is 8.61. The molecule has 0 unspecified atom stereocenters. The molecule has 0 atom stereocenters. The van der Waals surface area contributed by atoms with Gasteiger partial charge in [0.25, 0.3) is 5.91 Å². The summed E-state index contributed by atoms with van der Waals surface area (Å²) in [5, 5.41) is 0. The lowest BCUT2D eigenvalue weighted by atomic mass is 9.98. The molecule has 0 aliphatic heterocycles. The second-order valence-corrected chi connectivity index (χ2v) is 4.21. The maximum atomic E-state index is 12.2. The zero-order valence-electron chi connectivity index (χ0n) is 10.4. The molecule has 1 aromatic carbocycles. The Kier molecular flexibility index (Phi) is 3.28. The number of hydrogen-bond acceptors (Lipinski definition) is 3. The second kappa shape index (κ2) is 4.87. The molecule has 2 N–H and O–H groups in total. The number of hydrogen-bond donors (Lipinski definition) is 1. The molecule has 2 aromatic rings. The number of nitrogens with two attached hydrogens (primary N) is 1. The normalized spacial score (nSPS) is 10.1. The van der Waals surface area contributed by atoms with Crippen molar-refractivity contribution in [2.75, 3.05) is 19.8 Å². The van der Waals surface area contributed by atoms with E-state index in [4.69, 9.17) is 5.73 Å². The fourth-order valence-electron chi connectivity index (χ4n) is 1.80. The molecule has 0 aliphatic rings. The number of anilines is 1. The monoisotopic (exact) mass is 241 g/mol. The van der Waals surface area contributed by atoms with Crippen LogP contribution in [0.3, 0.4) is 0 Å². The van der Waals surface area contributed by atoms with E-state index in [0.717, 1.165) is 11.1 Å². The molecular formula is C14H15N3O. The Morgan fingerprint density at radius 3 is 2.61 bits per heavy atom. The predicted molar refractivity (Wildman–Crippen MR) is 72.1 cm³/mol. The minimum atomic E-state index is -0.105. The van der Waals surface area contributed by atoms with Gasteiger partial charge in [0.1, 0.15) is 0 Å². The standard InChI is InChI=1S/C14H15N3O/c1-17(2)14(18)13-11(6-3-7-12(13)15)10-5-4-8-16-9-10/h3-9H,15H2,1-2H3. The summed E-state index contributed by atoms with van der Waals surface area (Å²) in [7, 11) is 3.42. The number of aromatic nitrogens is 1. The first-order valence-electron chi connectivity index (χ1n) is 5.62. The van der Waals surface area contributed by atoms with Gasteiger partial charge in [-0.2, -0.15) is 0 Å². The average molecular weight is 241 g/mol. The van der Waals surface area contributed by atoms with E-state index in [1.54, 1.807) is 32.6 Å². The lowest BCUT2D eigenvalue weighted by molar-refractivity contribution is 0.0829. The van der Waals surface area contributed by atoms with Crippen LogP contribution < -0.4 is 5.73 Å². The second-order valence-electron chi connectivity index (χ2n) is 4.21. The molecule has 1 aromatic heterocycles. The predicted octanol–water partition coefficient (Wildman–Crippen LogP) is 2.03. The van der Waals surface area contributed by atoms with Crippen molar-refractivity contribution in [3.05, 3.63) is 48.3 Å². The van der Waals surface area contributed by atoms with Crippen LogP contribution in [0, 0.1) is 0 Å². The topological polar surface area (TPSA) is 59.2 Å². The maximum absolute atomic E-state index is 12.2. The smallest absolute Gasteiger partial charge is 0.256 e. The van der Waals surface area contributed by atoms with Crippen LogP contribution in [0.5, 0.6) is 0 Å². The van der Waals surface area contributed by atoms with Gasteiger partial charge in [0.2, 0.25) is 0 Å². The molecular weight excluding hydrogens is 226 g/mol. The fourth-order valence-corrected chi connectivity index (χ4v) is 1.80. The molecule has 0 spiro atoms. The lowest BCUT2D eigenvalue weighted by Crippen LogP contribution is -2.23. The summed E-state index contributed by atoms with van der Waals surface area (Å²) < 4.78 is 0. The third-order valence-corrected chi connectivity index (χ3v) is 2.69. The minimum absolute atomic E-state index is 0.105. The number of amides is 1. The highest BCUT2D eigenvalue weighted by molar-refractivity contribution is 6.05. The summed E-state index contributed by atoms with van der Waals surface area (Å²) >= 11 is 0. The van der Waals surface area contributed by atoms with E-state index in [2.05, 4.69) is 4.98 Å². The number of nitrogens with zero attached hydrogens (tertiary/aromatic N) is 2. The van der Waals surface area contributed by atoms with Crippen molar-refractivity contribution in [3.63, 3.8) is 0 Å². The van der Waals surface area contributed by atoms with Gasteiger partial charge in [-0.25, -0.2) is 0 Å². The number of carbonyl (C=O) groups is 1. The molecule has 4 heteroatoms.